The largest absolute Gasteiger partial charge is 0.597 e. The zero-order chi connectivity index (χ0) is 52.6. The van der Waals surface area contributed by atoms with Crippen molar-refractivity contribution >= 4 is 53.3 Å². The molecule has 7 amide bonds. The van der Waals surface area contributed by atoms with Crippen molar-refractivity contribution in [3.05, 3.63) is 10.4 Å². The average Bonchev–Trinajstić information content (AvgIpc) is 3.30. The Morgan fingerprint density at radius 3 is 1.48 bits per heavy atom. The second-order valence-corrected chi connectivity index (χ2v) is 15.7. The summed E-state index contributed by atoms with van der Waals surface area (Å²) < 4.78 is 0. The van der Waals surface area contributed by atoms with Gasteiger partial charge in [-0.1, -0.05) is 61.6 Å². The van der Waals surface area contributed by atoms with E-state index in [-0.39, 0.29) is 35.4 Å². The highest BCUT2D eigenvalue weighted by Gasteiger charge is 2.38. The van der Waals surface area contributed by atoms with Crippen LogP contribution in [0.2, 0.25) is 0 Å². The maximum Gasteiger partial charge on any atom is 0.335 e. The van der Waals surface area contributed by atoms with Crippen molar-refractivity contribution in [1.82, 2.24) is 37.2 Å². The van der Waals surface area contributed by atoms with Crippen molar-refractivity contribution < 1.29 is 99.0 Å². The Kier molecular flexibility index (Phi) is 31.4. The third kappa shape index (κ3) is 26.0. The number of hydrogen-bond acceptors (Lipinski definition) is 18. The lowest BCUT2D eigenvalue weighted by molar-refractivity contribution is -0.556. The summed E-state index contributed by atoms with van der Waals surface area (Å²) in [6, 6.07) is -11.9. The first-order valence-electron chi connectivity index (χ1n) is 22.0. The number of nitrogens with one attached hydrogen (secondary N) is 7. The molecule has 0 aromatic rings. The van der Waals surface area contributed by atoms with Gasteiger partial charge in [0, 0.05) is 12.8 Å². The SMILES string of the molecule is CCCCCCCCCC(O)CC(=O)NCC(=O)NC(C(=O)NC(CO)C(=O)NC(C(=O)NC(CCC[N+]([O-])=NO)C(=O)NC(CO)C(=O)NC(CCC[N+]([O-])=NO)C(=O)O)C(C)O)C(O)C(=O)O. The molecule has 69 heavy (non-hydrogen) atoms. The number of rotatable bonds is 37. The van der Waals surface area contributed by atoms with Crippen molar-refractivity contribution in [2.24, 2.45) is 10.6 Å². The zero-order valence-electron chi connectivity index (χ0n) is 38.2. The summed E-state index contributed by atoms with van der Waals surface area (Å²) in [5, 5.41) is 128. The normalized spacial score (nSPS) is 15.6. The Balaban J connectivity index is 5.94. The zero-order valence-corrected chi connectivity index (χ0v) is 38.2. The van der Waals surface area contributed by atoms with Crippen LogP contribution >= 0.6 is 0 Å². The van der Waals surface area contributed by atoms with Crippen LogP contribution in [-0.4, -0.2) is 197 Å². The molecular weight excluding hydrogens is 930 g/mol. The van der Waals surface area contributed by atoms with Crippen molar-refractivity contribution in [2.45, 2.75) is 152 Å². The Labute approximate surface area is 394 Å². The first-order valence-corrected chi connectivity index (χ1v) is 22.0. The molecule has 0 aliphatic rings. The van der Waals surface area contributed by atoms with Crippen LogP contribution in [0.3, 0.4) is 0 Å². The predicted molar refractivity (Wildman–Crippen MR) is 229 cm³/mol. The van der Waals surface area contributed by atoms with Gasteiger partial charge in [-0.15, -0.1) is 0 Å². The highest BCUT2D eigenvalue weighted by atomic mass is 16.6. The molecule has 0 rings (SSSR count). The maximum absolute atomic E-state index is 13.5. The Bertz CT molecular complexity index is 1740. The lowest BCUT2D eigenvalue weighted by atomic mass is 10.0. The number of aliphatic carboxylic acids is 2. The topological polar surface area (TPSA) is 497 Å². The van der Waals surface area contributed by atoms with E-state index in [2.05, 4.69) is 33.4 Å². The van der Waals surface area contributed by atoms with Gasteiger partial charge in [-0.2, -0.15) is 0 Å². The molecular formula is C38H67N11O20. The molecule has 0 radical (unpaired) electrons. The van der Waals surface area contributed by atoms with Gasteiger partial charge in [0.25, 0.3) is 0 Å². The quantitative estimate of drug-likeness (QED) is 0.0120. The Morgan fingerprint density at radius 1 is 0.536 bits per heavy atom. The van der Waals surface area contributed by atoms with Crippen molar-refractivity contribution in [3.63, 3.8) is 0 Å². The summed E-state index contributed by atoms with van der Waals surface area (Å²) in [5.74, 6) is -12.5. The fraction of sp³-hybridized carbons (Fsp3) is 0.763. The number of carboxylic acid groups (broad SMARTS) is 2. The van der Waals surface area contributed by atoms with Gasteiger partial charge in [0.05, 0.1) is 38.4 Å². The van der Waals surface area contributed by atoms with Crippen molar-refractivity contribution in [1.29, 1.82) is 0 Å². The van der Waals surface area contributed by atoms with Crippen LogP contribution < -0.4 is 37.2 Å². The van der Waals surface area contributed by atoms with E-state index >= 15 is 0 Å². The lowest BCUT2D eigenvalue weighted by Gasteiger charge is -2.28. The van der Waals surface area contributed by atoms with Crippen LogP contribution in [0.4, 0.5) is 0 Å². The molecule has 16 N–H and O–H groups in total. The van der Waals surface area contributed by atoms with E-state index in [0.717, 1.165) is 45.4 Å². The third-order valence-electron chi connectivity index (χ3n) is 10.0. The molecule has 31 nitrogen and oxygen atoms in total. The van der Waals surface area contributed by atoms with E-state index in [1.807, 2.05) is 21.3 Å². The number of amides is 7. The summed E-state index contributed by atoms with van der Waals surface area (Å²) in [6.07, 6.45) is -0.178. The van der Waals surface area contributed by atoms with E-state index < -0.39 is 147 Å². The van der Waals surface area contributed by atoms with Gasteiger partial charge >= 0.3 is 11.9 Å². The van der Waals surface area contributed by atoms with Crippen LogP contribution in [-0.2, 0) is 43.2 Å². The Hall–Kier alpha value is -6.57. The summed E-state index contributed by atoms with van der Waals surface area (Å²) in [6.45, 7) is -1.30. The number of carbonyl (C=O) groups excluding carboxylic acids is 7. The predicted octanol–water partition coefficient (Wildman–Crippen LogP) is -4.94. The maximum atomic E-state index is 13.5. The molecule has 9 unspecified atom stereocenters. The minimum atomic E-state index is -2.67. The first-order chi connectivity index (χ1) is 32.6. The molecule has 0 aromatic heterocycles. The number of nitrogens with zero attached hydrogens (tertiary/aromatic N) is 4. The van der Waals surface area contributed by atoms with Gasteiger partial charge in [0.15, 0.2) is 29.7 Å². The molecule has 0 aromatic carbocycles. The summed E-state index contributed by atoms with van der Waals surface area (Å²) in [5.41, 5.74) is 0. The van der Waals surface area contributed by atoms with Gasteiger partial charge in [-0.05, 0) is 26.2 Å². The number of aliphatic hydroxyl groups is 5. The number of hydrogen-bond donors (Lipinski definition) is 16. The van der Waals surface area contributed by atoms with Crippen molar-refractivity contribution in [3.8, 4) is 0 Å². The molecule has 0 aliphatic heterocycles. The molecule has 0 heterocycles. The van der Waals surface area contributed by atoms with E-state index in [4.69, 9.17) is 10.4 Å². The molecule has 9 atom stereocenters. The number of carboxylic acids is 2. The van der Waals surface area contributed by atoms with E-state index in [9.17, 15) is 89.3 Å². The molecule has 0 saturated heterocycles. The fourth-order valence-electron chi connectivity index (χ4n) is 6.15. The van der Waals surface area contributed by atoms with Crippen LogP contribution in [0.25, 0.3) is 0 Å². The smallest absolute Gasteiger partial charge is 0.335 e. The highest BCUT2D eigenvalue weighted by Crippen LogP contribution is 2.11. The molecule has 394 valence electrons. The van der Waals surface area contributed by atoms with Crippen LogP contribution in [0, 0.1) is 10.4 Å². The Morgan fingerprint density at radius 2 is 0.986 bits per heavy atom. The lowest BCUT2D eigenvalue weighted by Crippen LogP contribution is -2.63. The second-order valence-electron chi connectivity index (χ2n) is 15.7. The van der Waals surface area contributed by atoms with Gasteiger partial charge in [-0.3, -0.25) is 33.6 Å². The van der Waals surface area contributed by atoms with E-state index in [0.29, 0.717) is 12.8 Å². The number of aliphatic hydroxyl groups excluding tert-OH is 5. The standard InChI is InChI=1S/C38H67N11O20/c1-3-4-5-6-7-8-9-12-22(53)17-27(54)39-18-28(55)44-30(31(56)38(64)65)36(61)43-26(20-51)34(59)45-29(21(2)52)35(60)40-23(13-10-15-48(68)46-66)32(57)42-25(19-50)33(58)41-24(37(62)63)14-11-16-49(69)47-67/h21-26,29-31,50-53,56,66-67H,3-20H2,1-2H3,(H,39,54)(H,40,60)(H,41,58)(H,42,57)(H,43,61)(H,44,55)(H,45,59)(H,62,63)(H,64,65). The molecule has 31 heteroatoms. The number of carbonyl (C=O) groups is 9. The fourth-order valence-corrected chi connectivity index (χ4v) is 6.15. The number of hydroxylamine groups is 2. The molecule has 0 spiro atoms. The number of unbranched alkanes of at least 4 members (excludes halogenated alkanes) is 6. The molecule has 0 fully saturated rings. The first kappa shape index (κ1) is 62.4. The molecule has 0 bridgehead atoms. The average molecular weight is 998 g/mol. The van der Waals surface area contributed by atoms with Crippen LogP contribution in [0.5, 0.6) is 0 Å². The monoisotopic (exact) mass is 997 g/mol. The van der Waals surface area contributed by atoms with Crippen LogP contribution in [0.1, 0.15) is 97.3 Å². The molecule has 0 saturated carbocycles. The van der Waals surface area contributed by atoms with Crippen molar-refractivity contribution in [2.75, 3.05) is 32.8 Å². The highest BCUT2D eigenvalue weighted by molar-refractivity contribution is 5.98. The summed E-state index contributed by atoms with van der Waals surface area (Å²) in [7, 11) is 0. The van der Waals surface area contributed by atoms with Gasteiger partial charge in [-0.25, -0.2) is 9.59 Å². The molecule has 0 aliphatic carbocycles. The van der Waals surface area contributed by atoms with Gasteiger partial charge < -0.3 is 93.8 Å². The summed E-state index contributed by atoms with van der Waals surface area (Å²) in [4.78, 5) is 114. The van der Waals surface area contributed by atoms with E-state index in [1.165, 1.54) is 0 Å². The minimum Gasteiger partial charge on any atom is -0.597 e. The van der Waals surface area contributed by atoms with Gasteiger partial charge in [0.2, 0.25) is 41.4 Å². The summed E-state index contributed by atoms with van der Waals surface area (Å²) >= 11 is 0. The third-order valence-corrected chi connectivity index (χ3v) is 10.0. The van der Waals surface area contributed by atoms with Gasteiger partial charge in [0.1, 0.15) is 36.3 Å². The van der Waals surface area contributed by atoms with E-state index in [1.54, 1.807) is 0 Å². The minimum absolute atomic E-state index is 0.168. The second kappa shape index (κ2) is 34.7. The van der Waals surface area contributed by atoms with Crippen LogP contribution in [0.15, 0.2) is 10.6 Å².